The van der Waals surface area contributed by atoms with E-state index in [-0.39, 0.29) is 5.69 Å². The summed E-state index contributed by atoms with van der Waals surface area (Å²) >= 11 is 5.75. The average Bonchev–Trinajstić information content (AvgIpc) is 2.43. The van der Waals surface area contributed by atoms with Crippen molar-refractivity contribution >= 4 is 23.2 Å². The van der Waals surface area contributed by atoms with Crippen LogP contribution >= 0.6 is 11.6 Å². The van der Waals surface area contributed by atoms with Crippen molar-refractivity contribution in [3.63, 3.8) is 0 Å². The first kappa shape index (κ1) is 13.5. The highest BCUT2D eigenvalue weighted by atomic mass is 35.5. The monoisotopic (exact) mass is 278 g/mol. The second-order valence-electron chi connectivity index (χ2n) is 3.98. The topological polar surface area (TPSA) is 55.1 Å². The fourth-order valence-electron chi connectivity index (χ4n) is 1.58. The molecular weight excluding hydrogens is 267 g/mol. The Morgan fingerprint density at radius 2 is 1.89 bits per heavy atom. The Labute approximate surface area is 115 Å². The molecule has 5 heteroatoms. The van der Waals surface area contributed by atoms with E-state index in [2.05, 4.69) is 5.32 Å². The SMILES string of the molecule is NCc1ccc(C(=O)Nc2cc(Cl)ccc2F)cc1. The molecule has 0 heterocycles. The molecular formula is C14H12ClFN2O. The van der Waals surface area contributed by atoms with Crippen molar-refractivity contribution in [2.75, 3.05) is 5.32 Å². The molecule has 0 fully saturated rings. The zero-order valence-electron chi connectivity index (χ0n) is 9.99. The second-order valence-corrected chi connectivity index (χ2v) is 4.42. The number of hydrogen-bond donors (Lipinski definition) is 2. The minimum Gasteiger partial charge on any atom is -0.326 e. The van der Waals surface area contributed by atoms with Crippen LogP contribution < -0.4 is 11.1 Å². The highest BCUT2D eigenvalue weighted by molar-refractivity contribution is 6.31. The maximum Gasteiger partial charge on any atom is 0.255 e. The number of halogens is 2. The highest BCUT2D eigenvalue weighted by Crippen LogP contribution is 2.20. The van der Waals surface area contributed by atoms with Crippen molar-refractivity contribution < 1.29 is 9.18 Å². The van der Waals surface area contributed by atoms with E-state index in [0.717, 1.165) is 5.56 Å². The predicted molar refractivity (Wildman–Crippen MR) is 73.7 cm³/mol. The van der Waals surface area contributed by atoms with Gasteiger partial charge in [-0.1, -0.05) is 23.7 Å². The smallest absolute Gasteiger partial charge is 0.255 e. The minimum absolute atomic E-state index is 0.0559. The molecule has 0 bridgehead atoms. The van der Waals surface area contributed by atoms with Gasteiger partial charge >= 0.3 is 0 Å². The van der Waals surface area contributed by atoms with E-state index in [1.54, 1.807) is 24.3 Å². The van der Waals surface area contributed by atoms with Gasteiger partial charge in [0.1, 0.15) is 5.82 Å². The molecule has 0 radical (unpaired) electrons. The molecule has 0 aromatic heterocycles. The molecule has 98 valence electrons. The van der Waals surface area contributed by atoms with Gasteiger partial charge in [0.15, 0.2) is 0 Å². The van der Waals surface area contributed by atoms with E-state index in [9.17, 15) is 9.18 Å². The summed E-state index contributed by atoms with van der Waals surface area (Å²) in [5.74, 6) is -0.930. The van der Waals surface area contributed by atoms with Gasteiger partial charge < -0.3 is 11.1 Å². The molecule has 3 N–H and O–H groups in total. The molecule has 1 amide bonds. The van der Waals surface area contributed by atoms with E-state index in [4.69, 9.17) is 17.3 Å². The van der Waals surface area contributed by atoms with Gasteiger partial charge in [-0.15, -0.1) is 0 Å². The molecule has 2 aromatic rings. The Balaban J connectivity index is 2.18. The predicted octanol–water partition coefficient (Wildman–Crippen LogP) is 3.19. The first-order valence-electron chi connectivity index (χ1n) is 5.65. The van der Waals surface area contributed by atoms with Gasteiger partial charge in [0.05, 0.1) is 5.69 Å². The van der Waals surface area contributed by atoms with E-state index < -0.39 is 11.7 Å². The van der Waals surface area contributed by atoms with Crippen LogP contribution in [0.1, 0.15) is 15.9 Å². The summed E-state index contributed by atoms with van der Waals surface area (Å²) in [6.07, 6.45) is 0. The Hall–Kier alpha value is -1.91. The molecule has 2 aromatic carbocycles. The first-order chi connectivity index (χ1) is 9.10. The number of rotatable bonds is 3. The van der Waals surface area contributed by atoms with Gasteiger partial charge in [0, 0.05) is 17.1 Å². The van der Waals surface area contributed by atoms with Crippen LogP contribution in [0.4, 0.5) is 10.1 Å². The van der Waals surface area contributed by atoms with E-state index >= 15 is 0 Å². The Kier molecular flexibility index (Phi) is 4.14. The average molecular weight is 279 g/mol. The molecule has 0 saturated carbocycles. The van der Waals surface area contributed by atoms with Crippen LogP contribution in [0.5, 0.6) is 0 Å². The zero-order valence-corrected chi connectivity index (χ0v) is 10.7. The third-order valence-electron chi connectivity index (χ3n) is 2.63. The quantitative estimate of drug-likeness (QED) is 0.906. The van der Waals surface area contributed by atoms with Crippen LogP contribution in [-0.2, 0) is 6.54 Å². The van der Waals surface area contributed by atoms with Gasteiger partial charge in [-0.25, -0.2) is 4.39 Å². The fraction of sp³-hybridized carbons (Fsp3) is 0.0714. The van der Waals surface area contributed by atoms with E-state index in [0.29, 0.717) is 17.1 Å². The van der Waals surface area contributed by atoms with Crippen LogP contribution in [0.25, 0.3) is 0 Å². The van der Waals surface area contributed by atoms with Crippen LogP contribution in [0.3, 0.4) is 0 Å². The van der Waals surface area contributed by atoms with Crippen LogP contribution in [0, 0.1) is 5.82 Å². The summed E-state index contributed by atoms with van der Waals surface area (Å²) in [4.78, 5) is 11.9. The molecule has 0 unspecified atom stereocenters. The summed E-state index contributed by atoms with van der Waals surface area (Å²) in [6.45, 7) is 0.408. The van der Waals surface area contributed by atoms with Crippen molar-refractivity contribution in [1.82, 2.24) is 0 Å². The summed E-state index contributed by atoms with van der Waals surface area (Å²) in [5.41, 5.74) is 6.88. The second kappa shape index (κ2) is 5.82. The lowest BCUT2D eigenvalue weighted by Crippen LogP contribution is -2.13. The van der Waals surface area contributed by atoms with Crippen molar-refractivity contribution in [2.24, 2.45) is 5.73 Å². The number of anilines is 1. The Morgan fingerprint density at radius 3 is 2.53 bits per heavy atom. The summed E-state index contributed by atoms with van der Waals surface area (Å²) in [6, 6.07) is 10.8. The molecule has 3 nitrogen and oxygen atoms in total. The largest absolute Gasteiger partial charge is 0.326 e. The third-order valence-corrected chi connectivity index (χ3v) is 2.86. The number of hydrogen-bond acceptors (Lipinski definition) is 2. The van der Waals surface area contributed by atoms with Crippen LogP contribution in [0.2, 0.25) is 5.02 Å². The fourth-order valence-corrected chi connectivity index (χ4v) is 1.75. The van der Waals surface area contributed by atoms with Crippen LogP contribution in [0.15, 0.2) is 42.5 Å². The Morgan fingerprint density at radius 1 is 1.21 bits per heavy atom. The summed E-state index contributed by atoms with van der Waals surface area (Å²) < 4.78 is 13.5. The van der Waals surface area contributed by atoms with Crippen molar-refractivity contribution in [1.29, 1.82) is 0 Å². The molecule has 19 heavy (non-hydrogen) atoms. The van der Waals surface area contributed by atoms with Gasteiger partial charge in [-0.05, 0) is 35.9 Å². The Bertz CT molecular complexity index is 599. The molecule has 2 rings (SSSR count). The van der Waals surface area contributed by atoms with Gasteiger partial charge in [-0.3, -0.25) is 4.79 Å². The standard InChI is InChI=1S/C14H12ClFN2O/c15-11-5-6-12(16)13(7-11)18-14(19)10-3-1-9(8-17)2-4-10/h1-7H,8,17H2,(H,18,19). The molecule has 0 spiro atoms. The van der Waals surface area contributed by atoms with Gasteiger partial charge in [-0.2, -0.15) is 0 Å². The van der Waals surface area contributed by atoms with E-state index in [1.165, 1.54) is 18.2 Å². The molecule has 0 aliphatic rings. The minimum atomic E-state index is -0.531. The number of nitrogens with one attached hydrogen (secondary N) is 1. The van der Waals surface area contributed by atoms with Crippen LogP contribution in [-0.4, -0.2) is 5.91 Å². The number of nitrogens with two attached hydrogens (primary N) is 1. The lowest BCUT2D eigenvalue weighted by Gasteiger charge is -2.07. The maximum absolute atomic E-state index is 13.5. The van der Waals surface area contributed by atoms with E-state index in [1.807, 2.05) is 0 Å². The highest BCUT2D eigenvalue weighted by Gasteiger charge is 2.09. The van der Waals surface area contributed by atoms with Gasteiger partial charge in [0.2, 0.25) is 0 Å². The lowest BCUT2D eigenvalue weighted by atomic mass is 10.1. The summed E-state index contributed by atoms with van der Waals surface area (Å²) in [7, 11) is 0. The zero-order chi connectivity index (χ0) is 13.8. The van der Waals surface area contributed by atoms with Crippen molar-refractivity contribution in [2.45, 2.75) is 6.54 Å². The third kappa shape index (κ3) is 3.30. The van der Waals surface area contributed by atoms with Crippen molar-refractivity contribution in [3.05, 3.63) is 64.4 Å². The first-order valence-corrected chi connectivity index (χ1v) is 6.03. The molecule has 0 aliphatic heterocycles. The normalized spacial score (nSPS) is 10.3. The lowest BCUT2D eigenvalue weighted by molar-refractivity contribution is 0.102. The number of carbonyl (C=O) groups excluding carboxylic acids is 1. The number of amides is 1. The molecule has 0 saturated heterocycles. The number of carbonyl (C=O) groups is 1. The molecule has 0 aliphatic carbocycles. The summed E-state index contributed by atoms with van der Waals surface area (Å²) in [5, 5.41) is 2.83. The van der Waals surface area contributed by atoms with Gasteiger partial charge in [0.25, 0.3) is 5.91 Å². The molecule has 0 atom stereocenters. The maximum atomic E-state index is 13.5. The number of benzene rings is 2. The van der Waals surface area contributed by atoms with Crippen molar-refractivity contribution in [3.8, 4) is 0 Å².